The maximum Gasteiger partial charge on any atom is 0.337 e. The monoisotopic (exact) mass is 749 g/mol. The SMILES string of the molecule is COC(=O)[C@@H]1O[C@@H](O[C@H]2[C@H](OCc3ccccc3)[C@@H](N=[N+]=[N-])C(OCc3ccccc3)O[C@@H]2COC(C)=O)[C@H](OC(C)=O)[C@@H](OCc2ccccc2)[C@@H]1O. The molecule has 16 heteroatoms. The van der Waals surface area contributed by atoms with Gasteiger partial charge >= 0.3 is 17.9 Å². The second-order valence-electron chi connectivity index (χ2n) is 12.5. The molecule has 3 aromatic carbocycles. The molecule has 2 aliphatic rings. The van der Waals surface area contributed by atoms with Crippen LogP contribution in [0.2, 0.25) is 0 Å². The van der Waals surface area contributed by atoms with E-state index in [0.29, 0.717) is 0 Å². The van der Waals surface area contributed by atoms with Gasteiger partial charge in [-0.15, -0.1) is 0 Å². The molecule has 0 bridgehead atoms. The van der Waals surface area contributed by atoms with E-state index in [1.807, 2.05) is 66.7 Å². The highest BCUT2D eigenvalue weighted by Crippen LogP contribution is 2.35. The van der Waals surface area contributed by atoms with E-state index in [1.165, 1.54) is 6.92 Å². The van der Waals surface area contributed by atoms with E-state index in [9.17, 15) is 25.0 Å². The Morgan fingerprint density at radius 2 is 1.26 bits per heavy atom. The number of benzene rings is 3. The van der Waals surface area contributed by atoms with Crippen LogP contribution in [-0.4, -0.2) is 98.1 Å². The number of rotatable bonds is 16. The van der Waals surface area contributed by atoms with Crippen LogP contribution in [0.15, 0.2) is 96.1 Å². The Labute approximate surface area is 311 Å². The summed E-state index contributed by atoms with van der Waals surface area (Å²) >= 11 is 0. The Kier molecular flexibility index (Phi) is 14.9. The number of hydrogen-bond donors (Lipinski definition) is 1. The number of ether oxygens (including phenoxy) is 9. The molecule has 0 amide bonds. The van der Waals surface area contributed by atoms with Gasteiger partial charge in [-0.25, -0.2) is 4.79 Å². The predicted molar refractivity (Wildman–Crippen MR) is 187 cm³/mol. The molecule has 54 heavy (non-hydrogen) atoms. The Bertz CT molecular complexity index is 1700. The van der Waals surface area contributed by atoms with Gasteiger partial charge in [0.2, 0.25) is 0 Å². The average molecular weight is 750 g/mol. The Hall–Kier alpha value is -4.90. The molecule has 16 nitrogen and oxygen atoms in total. The first kappa shape index (κ1) is 40.3. The van der Waals surface area contributed by atoms with Crippen LogP contribution < -0.4 is 0 Å². The molecule has 1 N–H and O–H groups in total. The second-order valence-corrected chi connectivity index (χ2v) is 12.5. The van der Waals surface area contributed by atoms with Gasteiger partial charge in [0.15, 0.2) is 24.8 Å². The normalized spacial score (nSPS) is 27.9. The summed E-state index contributed by atoms with van der Waals surface area (Å²) in [5.41, 5.74) is 12.0. The molecule has 2 saturated heterocycles. The summed E-state index contributed by atoms with van der Waals surface area (Å²) < 4.78 is 53.6. The number of carbonyl (C=O) groups is 3. The lowest BCUT2D eigenvalue weighted by Gasteiger charge is -2.48. The van der Waals surface area contributed by atoms with Crippen molar-refractivity contribution in [1.82, 2.24) is 0 Å². The molecule has 2 heterocycles. The highest BCUT2D eigenvalue weighted by molar-refractivity contribution is 5.75. The lowest BCUT2D eigenvalue weighted by molar-refractivity contribution is -0.351. The first-order valence-electron chi connectivity index (χ1n) is 17.2. The minimum atomic E-state index is -1.68. The molecule has 2 fully saturated rings. The lowest BCUT2D eigenvalue weighted by atomic mass is 9.95. The van der Waals surface area contributed by atoms with Gasteiger partial charge in [-0.2, -0.15) is 0 Å². The van der Waals surface area contributed by atoms with Gasteiger partial charge in [-0.1, -0.05) is 96.1 Å². The Morgan fingerprint density at radius 1 is 0.722 bits per heavy atom. The van der Waals surface area contributed by atoms with Crippen molar-refractivity contribution in [1.29, 1.82) is 0 Å². The van der Waals surface area contributed by atoms with Crippen LogP contribution in [0.3, 0.4) is 0 Å². The third-order valence-corrected chi connectivity index (χ3v) is 8.62. The highest BCUT2D eigenvalue weighted by atomic mass is 16.8. The van der Waals surface area contributed by atoms with Gasteiger partial charge in [0.1, 0.15) is 43.2 Å². The highest BCUT2D eigenvalue weighted by Gasteiger charge is 2.55. The zero-order chi connectivity index (χ0) is 38.5. The molecule has 288 valence electrons. The van der Waals surface area contributed by atoms with E-state index in [-0.39, 0.29) is 26.4 Å². The third kappa shape index (κ3) is 10.8. The summed E-state index contributed by atoms with van der Waals surface area (Å²) in [7, 11) is 1.11. The average Bonchev–Trinajstić information content (AvgIpc) is 3.18. The number of hydrogen-bond acceptors (Lipinski definition) is 14. The number of aliphatic hydroxyl groups is 1. The van der Waals surface area contributed by atoms with Crippen LogP contribution in [0.25, 0.3) is 10.4 Å². The van der Waals surface area contributed by atoms with Crippen molar-refractivity contribution in [2.24, 2.45) is 5.11 Å². The fourth-order valence-corrected chi connectivity index (χ4v) is 6.09. The van der Waals surface area contributed by atoms with Crippen LogP contribution in [-0.2, 0) is 76.8 Å². The fraction of sp³-hybridized carbons (Fsp3) is 0.447. The predicted octanol–water partition coefficient (Wildman–Crippen LogP) is 3.92. The molecule has 5 rings (SSSR count). The largest absolute Gasteiger partial charge is 0.467 e. The van der Waals surface area contributed by atoms with Crippen molar-refractivity contribution < 1.29 is 62.1 Å². The number of methoxy groups -OCH3 is 1. The molecule has 3 aromatic rings. The van der Waals surface area contributed by atoms with E-state index in [4.69, 9.17) is 42.6 Å². The maximum atomic E-state index is 13.0. The van der Waals surface area contributed by atoms with Crippen LogP contribution in [0.1, 0.15) is 30.5 Å². The Morgan fingerprint density at radius 3 is 1.76 bits per heavy atom. The summed E-state index contributed by atoms with van der Waals surface area (Å²) in [6.07, 6.45) is -12.8. The molecule has 2 aliphatic heterocycles. The lowest BCUT2D eigenvalue weighted by Crippen LogP contribution is -2.66. The van der Waals surface area contributed by atoms with Crippen LogP contribution in [0.4, 0.5) is 0 Å². The minimum absolute atomic E-state index is 0.000282. The summed E-state index contributed by atoms with van der Waals surface area (Å²) in [5, 5.41) is 15.4. The van der Waals surface area contributed by atoms with E-state index in [0.717, 1.165) is 30.7 Å². The number of esters is 3. The van der Waals surface area contributed by atoms with Gasteiger partial charge in [0, 0.05) is 18.8 Å². The van der Waals surface area contributed by atoms with Crippen molar-refractivity contribution in [3.05, 3.63) is 118 Å². The molecule has 0 radical (unpaired) electrons. The zero-order valence-electron chi connectivity index (χ0n) is 30.0. The van der Waals surface area contributed by atoms with Crippen molar-refractivity contribution in [3.8, 4) is 0 Å². The van der Waals surface area contributed by atoms with E-state index < -0.39 is 79.3 Å². The molecule has 0 saturated carbocycles. The zero-order valence-corrected chi connectivity index (χ0v) is 30.0. The number of carbonyl (C=O) groups excluding carboxylic acids is 3. The fourth-order valence-electron chi connectivity index (χ4n) is 6.09. The molecule has 1 unspecified atom stereocenters. The maximum absolute atomic E-state index is 13.0. The summed E-state index contributed by atoms with van der Waals surface area (Å²) in [6, 6.07) is 26.1. The summed E-state index contributed by atoms with van der Waals surface area (Å²) in [5.74, 6) is -2.36. The van der Waals surface area contributed by atoms with Crippen molar-refractivity contribution in [2.75, 3.05) is 13.7 Å². The first-order chi connectivity index (χ1) is 26.2. The number of aliphatic hydroxyl groups excluding tert-OH is 1. The van der Waals surface area contributed by atoms with Crippen molar-refractivity contribution >= 4 is 17.9 Å². The molecular formula is C38H43N3O13. The second kappa shape index (κ2) is 20.0. The number of nitrogens with zero attached hydrogens (tertiary/aromatic N) is 3. The molecule has 0 aromatic heterocycles. The van der Waals surface area contributed by atoms with Crippen LogP contribution >= 0.6 is 0 Å². The summed E-state index contributed by atoms with van der Waals surface area (Å²) in [4.78, 5) is 40.7. The smallest absolute Gasteiger partial charge is 0.337 e. The molecule has 0 spiro atoms. The summed E-state index contributed by atoms with van der Waals surface area (Å²) in [6.45, 7) is 1.98. The van der Waals surface area contributed by atoms with Gasteiger partial charge in [0.05, 0.1) is 26.9 Å². The molecule has 0 aliphatic carbocycles. The van der Waals surface area contributed by atoms with Gasteiger partial charge in [-0.3, -0.25) is 9.59 Å². The topological polar surface area (TPSA) is 203 Å². The third-order valence-electron chi connectivity index (χ3n) is 8.62. The van der Waals surface area contributed by atoms with Crippen molar-refractivity contribution in [2.45, 2.75) is 95.0 Å². The van der Waals surface area contributed by atoms with Crippen LogP contribution in [0, 0.1) is 0 Å². The quantitative estimate of drug-likeness (QED) is 0.0727. The Balaban J connectivity index is 1.54. The standard InChI is InChI=1S/C38H43N3O13/c1-23(42)47-22-28-31(32(48-19-25-13-7-4-8-14-25)29(40-41-39)37(52-28)50-21-27-17-11-6-12-18-27)53-38-35(51-24(2)43)33(30(44)34(54-38)36(45)46-3)49-20-26-15-9-5-10-16-26/h4-18,28-35,37-38,44H,19-22H2,1-3H3/t28-,29-,30+,31-,32-,33+,34-,35-,37?,38-/m1/s1. The number of azide groups is 1. The van der Waals surface area contributed by atoms with E-state index in [1.54, 1.807) is 24.3 Å². The van der Waals surface area contributed by atoms with Gasteiger partial charge < -0.3 is 47.7 Å². The van der Waals surface area contributed by atoms with E-state index in [2.05, 4.69) is 10.0 Å². The van der Waals surface area contributed by atoms with Crippen molar-refractivity contribution in [3.63, 3.8) is 0 Å². The first-order valence-corrected chi connectivity index (χ1v) is 17.2. The molecule has 10 atom stereocenters. The van der Waals surface area contributed by atoms with Crippen LogP contribution in [0.5, 0.6) is 0 Å². The molecular weight excluding hydrogens is 706 g/mol. The van der Waals surface area contributed by atoms with Gasteiger partial charge in [0.25, 0.3) is 0 Å². The van der Waals surface area contributed by atoms with E-state index >= 15 is 0 Å². The van der Waals surface area contributed by atoms with Gasteiger partial charge in [-0.05, 0) is 22.2 Å². The minimum Gasteiger partial charge on any atom is -0.467 e.